The van der Waals surface area contributed by atoms with Gasteiger partial charge in [-0.1, -0.05) is 0 Å². The first kappa shape index (κ1) is 18.2. The highest BCUT2D eigenvalue weighted by atomic mass is 16.5. The van der Waals surface area contributed by atoms with Gasteiger partial charge < -0.3 is 19.9 Å². The number of likely N-dealkylation sites (tertiary alicyclic amines) is 1. The Kier molecular flexibility index (Phi) is 7.78. The molecule has 0 spiro atoms. The summed E-state index contributed by atoms with van der Waals surface area (Å²) in [6, 6.07) is 0. The van der Waals surface area contributed by atoms with E-state index in [0.29, 0.717) is 39.3 Å². The first-order valence-electron chi connectivity index (χ1n) is 8.68. The lowest BCUT2D eigenvalue weighted by Gasteiger charge is -2.36. The Bertz CT molecular complexity index is 378. The molecule has 23 heavy (non-hydrogen) atoms. The maximum absolute atomic E-state index is 12.3. The third-order valence-corrected chi connectivity index (χ3v) is 4.55. The van der Waals surface area contributed by atoms with Gasteiger partial charge in [0.2, 0.25) is 11.8 Å². The van der Waals surface area contributed by atoms with Crippen molar-refractivity contribution in [2.24, 2.45) is 0 Å². The predicted octanol–water partition coefficient (Wildman–Crippen LogP) is -0.621. The Morgan fingerprint density at radius 2 is 1.57 bits per heavy atom. The monoisotopic (exact) mass is 326 g/mol. The van der Waals surface area contributed by atoms with Crippen LogP contribution in [0.15, 0.2) is 0 Å². The SMILES string of the molecule is COCCNCC(=O)N1CCN(CC(=O)N2CCCCC2)CC1. The number of carbonyl (C=O) groups is 2. The van der Waals surface area contributed by atoms with Crippen LogP contribution < -0.4 is 5.32 Å². The summed E-state index contributed by atoms with van der Waals surface area (Å²) in [4.78, 5) is 30.4. The molecule has 0 aliphatic carbocycles. The molecule has 0 radical (unpaired) electrons. The molecule has 0 bridgehead atoms. The molecule has 0 aromatic heterocycles. The largest absolute Gasteiger partial charge is 0.383 e. The number of nitrogens with one attached hydrogen (secondary N) is 1. The molecule has 2 aliphatic heterocycles. The Morgan fingerprint density at radius 3 is 2.22 bits per heavy atom. The highest BCUT2D eigenvalue weighted by Gasteiger charge is 2.24. The van der Waals surface area contributed by atoms with Crippen LogP contribution in [0.2, 0.25) is 0 Å². The van der Waals surface area contributed by atoms with Crippen molar-refractivity contribution in [3.63, 3.8) is 0 Å². The van der Waals surface area contributed by atoms with Crippen molar-refractivity contribution >= 4 is 11.8 Å². The summed E-state index contributed by atoms with van der Waals surface area (Å²) >= 11 is 0. The molecular formula is C16H30N4O3. The number of carbonyl (C=O) groups excluding carboxylic acids is 2. The maximum atomic E-state index is 12.3. The second-order valence-electron chi connectivity index (χ2n) is 6.27. The molecule has 0 aromatic carbocycles. The molecule has 0 unspecified atom stereocenters. The van der Waals surface area contributed by atoms with Crippen molar-refractivity contribution in [3.05, 3.63) is 0 Å². The number of piperazine rings is 1. The van der Waals surface area contributed by atoms with Crippen molar-refractivity contribution < 1.29 is 14.3 Å². The fourth-order valence-electron chi connectivity index (χ4n) is 3.07. The summed E-state index contributed by atoms with van der Waals surface area (Å²) in [6.45, 7) is 6.94. The van der Waals surface area contributed by atoms with Crippen LogP contribution in [0.3, 0.4) is 0 Å². The van der Waals surface area contributed by atoms with Gasteiger partial charge in [0.25, 0.3) is 0 Å². The summed E-state index contributed by atoms with van der Waals surface area (Å²) in [7, 11) is 1.65. The van der Waals surface area contributed by atoms with Gasteiger partial charge >= 0.3 is 0 Å². The number of ether oxygens (including phenoxy) is 1. The normalized spacial score (nSPS) is 19.9. The van der Waals surface area contributed by atoms with Crippen LogP contribution in [-0.4, -0.2) is 99.1 Å². The molecule has 2 fully saturated rings. The highest BCUT2D eigenvalue weighted by molar-refractivity contribution is 5.79. The summed E-state index contributed by atoms with van der Waals surface area (Å²) < 4.78 is 4.94. The van der Waals surface area contributed by atoms with Crippen molar-refractivity contribution in [3.8, 4) is 0 Å². The van der Waals surface area contributed by atoms with Crippen molar-refractivity contribution in [1.29, 1.82) is 0 Å². The minimum absolute atomic E-state index is 0.128. The molecule has 2 aliphatic rings. The molecule has 0 atom stereocenters. The van der Waals surface area contributed by atoms with E-state index in [-0.39, 0.29) is 11.8 Å². The summed E-state index contributed by atoms with van der Waals surface area (Å²) in [5, 5.41) is 3.08. The molecule has 2 rings (SSSR count). The lowest BCUT2D eigenvalue weighted by atomic mass is 10.1. The third kappa shape index (κ3) is 6.08. The van der Waals surface area contributed by atoms with Gasteiger partial charge in [-0.2, -0.15) is 0 Å². The van der Waals surface area contributed by atoms with Crippen LogP contribution in [0, 0.1) is 0 Å². The smallest absolute Gasteiger partial charge is 0.236 e. The third-order valence-electron chi connectivity index (χ3n) is 4.55. The fraction of sp³-hybridized carbons (Fsp3) is 0.875. The predicted molar refractivity (Wildman–Crippen MR) is 88.2 cm³/mol. The van der Waals surface area contributed by atoms with Gasteiger partial charge in [-0.3, -0.25) is 14.5 Å². The van der Waals surface area contributed by atoms with Crippen LogP contribution >= 0.6 is 0 Å². The Hall–Kier alpha value is -1.18. The molecule has 132 valence electrons. The van der Waals surface area contributed by atoms with Gasteiger partial charge in [0.05, 0.1) is 19.7 Å². The van der Waals surface area contributed by atoms with E-state index >= 15 is 0 Å². The highest BCUT2D eigenvalue weighted by Crippen LogP contribution is 2.10. The van der Waals surface area contributed by atoms with Gasteiger partial charge in [0.15, 0.2) is 0 Å². The Morgan fingerprint density at radius 1 is 0.913 bits per heavy atom. The second-order valence-corrected chi connectivity index (χ2v) is 6.27. The molecule has 0 aromatic rings. The number of hydrogen-bond donors (Lipinski definition) is 1. The molecular weight excluding hydrogens is 296 g/mol. The van der Waals surface area contributed by atoms with E-state index in [1.165, 1.54) is 6.42 Å². The van der Waals surface area contributed by atoms with Crippen LogP contribution in [0.4, 0.5) is 0 Å². The first-order valence-corrected chi connectivity index (χ1v) is 8.68. The zero-order chi connectivity index (χ0) is 16.5. The number of amides is 2. The molecule has 2 amide bonds. The van der Waals surface area contributed by atoms with E-state index in [0.717, 1.165) is 39.0 Å². The zero-order valence-corrected chi connectivity index (χ0v) is 14.3. The minimum Gasteiger partial charge on any atom is -0.383 e. The van der Waals surface area contributed by atoms with E-state index in [1.54, 1.807) is 7.11 Å². The van der Waals surface area contributed by atoms with Crippen LogP contribution in [0.1, 0.15) is 19.3 Å². The van der Waals surface area contributed by atoms with E-state index in [9.17, 15) is 9.59 Å². The molecule has 2 heterocycles. The van der Waals surface area contributed by atoms with E-state index in [2.05, 4.69) is 10.2 Å². The average Bonchev–Trinajstić information content (AvgIpc) is 2.60. The van der Waals surface area contributed by atoms with Gasteiger partial charge in [-0.05, 0) is 19.3 Å². The quantitative estimate of drug-likeness (QED) is 0.632. The molecule has 1 N–H and O–H groups in total. The van der Waals surface area contributed by atoms with Gasteiger partial charge in [0.1, 0.15) is 0 Å². The lowest BCUT2D eigenvalue weighted by Crippen LogP contribution is -2.53. The molecule has 2 saturated heterocycles. The number of methoxy groups -OCH3 is 1. The van der Waals surface area contributed by atoms with Gasteiger partial charge in [-0.15, -0.1) is 0 Å². The fourth-order valence-corrected chi connectivity index (χ4v) is 3.07. The minimum atomic E-state index is 0.128. The molecule has 7 nitrogen and oxygen atoms in total. The second kappa shape index (κ2) is 9.85. The number of hydrogen-bond acceptors (Lipinski definition) is 5. The Balaban J connectivity index is 1.63. The maximum Gasteiger partial charge on any atom is 0.236 e. The van der Waals surface area contributed by atoms with Crippen LogP contribution in [0.25, 0.3) is 0 Å². The van der Waals surface area contributed by atoms with Gasteiger partial charge in [0, 0.05) is 52.9 Å². The summed E-state index contributed by atoms with van der Waals surface area (Å²) in [6.07, 6.45) is 3.50. The zero-order valence-electron chi connectivity index (χ0n) is 14.3. The summed E-state index contributed by atoms with van der Waals surface area (Å²) in [5.74, 6) is 0.369. The summed E-state index contributed by atoms with van der Waals surface area (Å²) in [5.41, 5.74) is 0. The van der Waals surface area contributed by atoms with Crippen molar-refractivity contribution in [2.75, 3.05) is 72.6 Å². The van der Waals surface area contributed by atoms with E-state index in [1.807, 2.05) is 9.80 Å². The lowest BCUT2D eigenvalue weighted by molar-refractivity contribution is -0.135. The van der Waals surface area contributed by atoms with Crippen molar-refractivity contribution in [1.82, 2.24) is 20.0 Å². The number of rotatable bonds is 7. The number of nitrogens with zero attached hydrogens (tertiary/aromatic N) is 3. The molecule has 7 heteroatoms. The number of piperidine rings is 1. The Labute approximate surface area is 138 Å². The van der Waals surface area contributed by atoms with E-state index < -0.39 is 0 Å². The standard InChI is InChI=1S/C16H30N4O3/c1-23-12-5-17-13-15(21)20-10-8-18(9-11-20)14-16(22)19-6-3-2-4-7-19/h17H,2-14H2,1H3. The first-order chi connectivity index (χ1) is 11.2. The van der Waals surface area contributed by atoms with Crippen LogP contribution in [0.5, 0.6) is 0 Å². The molecule has 0 saturated carbocycles. The van der Waals surface area contributed by atoms with Crippen molar-refractivity contribution in [2.45, 2.75) is 19.3 Å². The average molecular weight is 326 g/mol. The van der Waals surface area contributed by atoms with Crippen LogP contribution in [-0.2, 0) is 14.3 Å². The van der Waals surface area contributed by atoms with Gasteiger partial charge in [-0.25, -0.2) is 0 Å². The van der Waals surface area contributed by atoms with E-state index in [4.69, 9.17) is 4.74 Å². The topological polar surface area (TPSA) is 65.1 Å².